The van der Waals surface area contributed by atoms with Crippen LogP contribution in [0.15, 0.2) is 36.5 Å². The molecule has 26 heavy (non-hydrogen) atoms. The lowest BCUT2D eigenvalue weighted by atomic mass is 10.1. The predicted molar refractivity (Wildman–Crippen MR) is 93.6 cm³/mol. The second-order valence-electron chi connectivity index (χ2n) is 6.08. The number of hydrogen-bond acceptors (Lipinski definition) is 5. The van der Waals surface area contributed by atoms with Gasteiger partial charge in [-0.1, -0.05) is 0 Å². The van der Waals surface area contributed by atoms with Gasteiger partial charge >= 0.3 is 5.97 Å². The number of methoxy groups -OCH3 is 2. The summed E-state index contributed by atoms with van der Waals surface area (Å²) in [6.07, 6.45) is 3.19. The van der Waals surface area contributed by atoms with E-state index in [2.05, 4.69) is 4.98 Å². The number of pyridine rings is 1. The summed E-state index contributed by atoms with van der Waals surface area (Å²) in [5, 5.41) is 9.09. The Hall–Kier alpha value is -3.09. The van der Waals surface area contributed by atoms with Gasteiger partial charge in [-0.15, -0.1) is 0 Å². The molecular formula is C19H20N2O5. The van der Waals surface area contributed by atoms with Crippen LogP contribution in [0.2, 0.25) is 0 Å². The summed E-state index contributed by atoms with van der Waals surface area (Å²) in [6.45, 7) is 0.356. The number of nitrogens with zero attached hydrogens (tertiary/aromatic N) is 2. The van der Waals surface area contributed by atoms with Crippen LogP contribution in [0.5, 0.6) is 11.5 Å². The van der Waals surface area contributed by atoms with E-state index in [0.29, 0.717) is 23.6 Å². The molecule has 3 rings (SSSR count). The minimum Gasteiger partial charge on any atom is -0.497 e. The Morgan fingerprint density at radius 2 is 1.96 bits per heavy atom. The Labute approximate surface area is 151 Å². The van der Waals surface area contributed by atoms with Crippen molar-refractivity contribution in [3.63, 3.8) is 0 Å². The summed E-state index contributed by atoms with van der Waals surface area (Å²) in [6, 6.07) is 8.43. The molecule has 136 valence electrons. The monoisotopic (exact) mass is 356 g/mol. The van der Waals surface area contributed by atoms with Crippen molar-refractivity contribution in [3.05, 3.63) is 53.3 Å². The Morgan fingerprint density at radius 1 is 1.19 bits per heavy atom. The van der Waals surface area contributed by atoms with Gasteiger partial charge in [0.05, 0.1) is 20.8 Å². The van der Waals surface area contributed by atoms with Crippen LogP contribution in [-0.2, 0) is 6.54 Å². The zero-order valence-electron chi connectivity index (χ0n) is 14.6. The molecule has 0 aliphatic heterocycles. The second kappa shape index (κ2) is 7.43. The maximum Gasteiger partial charge on any atom is 0.354 e. The molecule has 1 aliphatic carbocycles. The quantitative estimate of drug-likeness (QED) is 0.820. The van der Waals surface area contributed by atoms with Gasteiger partial charge in [0.1, 0.15) is 17.2 Å². The molecule has 7 nitrogen and oxygen atoms in total. The number of carboxylic acids is 1. The maximum atomic E-state index is 13.0. The first-order valence-electron chi connectivity index (χ1n) is 8.24. The fraction of sp³-hybridized carbons (Fsp3) is 0.316. The normalized spacial score (nSPS) is 13.2. The van der Waals surface area contributed by atoms with Crippen molar-refractivity contribution in [3.8, 4) is 11.5 Å². The van der Waals surface area contributed by atoms with E-state index in [4.69, 9.17) is 14.6 Å². The number of ether oxygens (including phenoxy) is 2. The average Bonchev–Trinajstić information content (AvgIpc) is 3.50. The van der Waals surface area contributed by atoms with Gasteiger partial charge < -0.3 is 19.5 Å². The van der Waals surface area contributed by atoms with Gasteiger partial charge in [0.25, 0.3) is 5.91 Å². The molecule has 1 aliphatic rings. The number of carbonyl (C=O) groups excluding carboxylic acids is 1. The molecule has 0 radical (unpaired) electrons. The lowest BCUT2D eigenvalue weighted by molar-refractivity contribution is 0.0690. The van der Waals surface area contributed by atoms with Crippen LogP contribution in [0.25, 0.3) is 0 Å². The molecule has 1 fully saturated rings. The molecule has 1 heterocycles. The van der Waals surface area contributed by atoms with Gasteiger partial charge in [-0.25, -0.2) is 9.78 Å². The summed E-state index contributed by atoms with van der Waals surface area (Å²) < 4.78 is 10.7. The van der Waals surface area contributed by atoms with Gasteiger partial charge in [0.2, 0.25) is 0 Å². The first-order valence-corrected chi connectivity index (χ1v) is 8.24. The van der Waals surface area contributed by atoms with E-state index in [0.717, 1.165) is 18.4 Å². The standard InChI is InChI=1S/C19H20N2O5/c1-25-15-5-6-17(26-2)13(9-15)11-21(14-3-4-14)18(22)12-7-8-20-16(10-12)19(23)24/h5-10,14H,3-4,11H2,1-2H3,(H,23,24). The number of rotatable bonds is 7. The van der Waals surface area contributed by atoms with Crippen LogP contribution in [0.3, 0.4) is 0 Å². The van der Waals surface area contributed by atoms with Crippen molar-refractivity contribution >= 4 is 11.9 Å². The maximum absolute atomic E-state index is 13.0. The summed E-state index contributed by atoms with van der Waals surface area (Å²) in [7, 11) is 3.16. The zero-order chi connectivity index (χ0) is 18.7. The molecule has 0 spiro atoms. The lowest BCUT2D eigenvalue weighted by Crippen LogP contribution is -2.33. The highest BCUT2D eigenvalue weighted by Gasteiger charge is 2.34. The number of benzene rings is 1. The molecule has 2 aromatic rings. The summed E-state index contributed by atoms with van der Waals surface area (Å²) >= 11 is 0. The van der Waals surface area contributed by atoms with Gasteiger partial charge in [0, 0.05) is 23.4 Å². The highest BCUT2D eigenvalue weighted by molar-refractivity contribution is 5.97. The molecule has 7 heteroatoms. The second-order valence-corrected chi connectivity index (χ2v) is 6.08. The van der Waals surface area contributed by atoms with Crippen LogP contribution in [0, 0.1) is 0 Å². The summed E-state index contributed by atoms with van der Waals surface area (Å²) in [5.41, 5.74) is 0.997. The number of aromatic nitrogens is 1. The van der Waals surface area contributed by atoms with E-state index >= 15 is 0 Å². The number of carboxylic acid groups (broad SMARTS) is 1. The van der Waals surface area contributed by atoms with E-state index in [1.807, 2.05) is 6.07 Å². The van der Waals surface area contributed by atoms with E-state index < -0.39 is 5.97 Å². The molecule has 1 aromatic heterocycles. The number of amides is 1. The van der Waals surface area contributed by atoms with Crippen molar-refractivity contribution in [1.29, 1.82) is 0 Å². The van der Waals surface area contributed by atoms with Gasteiger partial charge in [-0.2, -0.15) is 0 Å². The van der Waals surface area contributed by atoms with Crippen LogP contribution >= 0.6 is 0 Å². The number of aromatic carboxylic acids is 1. The highest BCUT2D eigenvalue weighted by atomic mass is 16.5. The molecule has 1 aromatic carbocycles. The Kier molecular flexibility index (Phi) is 5.06. The summed E-state index contributed by atoms with van der Waals surface area (Å²) in [5.74, 6) is -0.0272. The first kappa shape index (κ1) is 17.7. The number of hydrogen-bond donors (Lipinski definition) is 1. The van der Waals surface area contributed by atoms with Crippen molar-refractivity contribution in [1.82, 2.24) is 9.88 Å². The van der Waals surface area contributed by atoms with Gasteiger partial charge in [-0.3, -0.25) is 4.79 Å². The molecule has 0 bridgehead atoms. The molecule has 1 N–H and O–H groups in total. The topological polar surface area (TPSA) is 89.0 Å². The lowest BCUT2D eigenvalue weighted by Gasteiger charge is -2.24. The Balaban J connectivity index is 1.90. The molecule has 1 saturated carbocycles. The SMILES string of the molecule is COc1ccc(OC)c(CN(C(=O)c2ccnc(C(=O)O)c2)C2CC2)c1. The smallest absolute Gasteiger partial charge is 0.354 e. The molecule has 0 saturated heterocycles. The van der Waals surface area contributed by atoms with E-state index in [1.165, 1.54) is 18.3 Å². The third-order valence-corrected chi connectivity index (χ3v) is 4.30. The average molecular weight is 356 g/mol. The fourth-order valence-electron chi connectivity index (χ4n) is 2.79. The van der Waals surface area contributed by atoms with E-state index in [-0.39, 0.29) is 17.6 Å². The third kappa shape index (κ3) is 3.77. The minimum atomic E-state index is -1.16. The Bertz CT molecular complexity index is 832. The van der Waals surface area contributed by atoms with Crippen LogP contribution < -0.4 is 9.47 Å². The third-order valence-electron chi connectivity index (χ3n) is 4.30. The molecule has 0 unspecified atom stereocenters. The first-order chi connectivity index (χ1) is 12.5. The van der Waals surface area contributed by atoms with Crippen LogP contribution in [0.4, 0.5) is 0 Å². The van der Waals surface area contributed by atoms with Crippen molar-refractivity contribution in [2.45, 2.75) is 25.4 Å². The largest absolute Gasteiger partial charge is 0.497 e. The van der Waals surface area contributed by atoms with Gasteiger partial charge in [0.15, 0.2) is 0 Å². The predicted octanol–water partition coefficient (Wildman–Crippen LogP) is 2.60. The zero-order valence-corrected chi connectivity index (χ0v) is 14.6. The van der Waals surface area contributed by atoms with Crippen LogP contribution in [0.1, 0.15) is 39.3 Å². The Morgan fingerprint density at radius 3 is 2.58 bits per heavy atom. The van der Waals surface area contributed by atoms with E-state index in [1.54, 1.807) is 31.3 Å². The fourth-order valence-corrected chi connectivity index (χ4v) is 2.79. The highest BCUT2D eigenvalue weighted by Crippen LogP contribution is 2.33. The van der Waals surface area contributed by atoms with Gasteiger partial charge in [-0.05, 0) is 43.2 Å². The molecular weight excluding hydrogens is 336 g/mol. The van der Waals surface area contributed by atoms with E-state index in [9.17, 15) is 9.59 Å². The van der Waals surface area contributed by atoms with Crippen molar-refractivity contribution in [2.24, 2.45) is 0 Å². The van der Waals surface area contributed by atoms with Crippen LogP contribution in [-0.4, -0.2) is 47.1 Å². The minimum absolute atomic E-state index is 0.139. The molecule has 1 amide bonds. The number of carbonyl (C=O) groups is 2. The van der Waals surface area contributed by atoms with Crippen molar-refractivity contribution < 1.29 is 24.2 Å². The summed E-state index contributed by atoms with van der Waals surface area (Å²) in [4.78, 5) is 29.6. The molecule has 0 atom stereocenters. The van der Waals surface area contributed by atoms with Crippen molar-refractivity contribution in [2.75, 3.05) is 14.2 Å².